The Morgan fingerprint density at radius 2 is 1.66 bits per heavy atom. The molecule has 166 valence electrons. The average molecular weight is 432 g/mol. The Bertz CT molecular complexity index is 1040. The molecular formula is C25H29N5O2. The lowest BCUT2D eigenvalue weighted by Gasteiger charge is -2.35. The van der Waals surface area contributed by atoms with Crippen LogP contribution in [0.1, 0.15) is 25.3 Å². The molecule has 1 saturated heterocycles. The van der Waals surface area contributed by atoms with Crippen molar-refractivity contribution in [1.82, 2.24) is 15.1 Å². The molecule has 0 bridgehead atoms. The second-order valence-corrected chi connectivity index (χ2v) is 8.16. The van der Waals surface area contributed by atoms with Crippen molar-refractivity contribution in [3.8, 4) is 17.0 Å². The van der Waals surface area contributed by atoms with E-state index in [2.05, 4.69) is 46.4 Å². The summed E-state index contributed by atoms with van der Waals surface area (Å²) >= 11 is 0. The van der Waals surface area contributed by atoms with Gasteiger partial charge in [0.1, 0.15) is 5.75 Å². The van der Waals surface area contributed by atoms with Crippen LogP contribution in [0.5, 0.6) is 5.75 Å². The predicted octanol–water partition coefficient (Wildman–Crippen LogP) is 4.63. The van der Waals surface area contributed by atoms with Gasteiger partial charge in [0.15, 0.2) is 5.82 Å². The number of piperazine rings is 1. The number of aromatic nitrogens is 2. The van der Waals surface area contributed by atoms with Crippen LogP contribution < -0.4 is 15.0 Å². The van der Waals surface area contributed by atoms with Crippen LogP contribution in [0.3, 0.4) is 0 Å². The first-order valence-electron chi connectivity index (χ1n) is 10.9. The fourth-order valence-electron chi connectivity index (χ4n) is 3.79. The van der Waals surface area contributed by atoms with Gasteiger partial charge in [-0.1, -0.05) is 38.1 Å². The fraction of sp³-hybridized carbons (Fsp3) is 0.320. The first-order valence-corrected chi connectivity index (χ1v) is 10.9. The standard InChI is InChI=1S/C25H29N5O2/c1-18(2)19-8-10-20(11-9-19)26-25(31)30-16-14-29(15-17-30)24-13-12-22(27-28-24)21-6-4-5-7-23(21)32-3/h4-13,18H,14-17H2,1-3H3,(H,26,31). The molecule has 7 heteroatoms. The molecule has 0 atom stereocenters. The van der Waals surface area contributed by atoms with Crippen LogP contribution in [0.15, 0.2) is 60.7 Å². The Morgan fingerprint density at radius 1 is 0.938 bits per heavy atom. The Balaban J connectivity index is 1.33. The number of benzene rings is 2. The number of anilines is 2. The summed E-state index contributed by atoms with van der Waals surface area (Å²) in [5, 5.41) is 11.8. The number of nitrogens with zero attached hydrogens (tertiary/aromatic N) is 4. The third-order valence-corrected chi connectivity index (χ3v) is 5.75. The highest BCUT2D eigenvalue weighted by Crippen LogP contribution is 2.28. The Morgan fingerprint density at radius 3 is 2.28 bits per heavy atom. The van der Waals surface area contributed by atoms with Crippen molar-refractivity contribution in [2.75, 3.05) is 43.5 Å². The number of hydrogen-bond acceptors (Lipinski definition) is 5. The van der Waals surface area contributed by atoms with Gasteiger partial charge in [0.25, 0.3) is 0 Å². The Labute approximate surface area is 189 Å². The van der Waals surface area contributed by atoms with Gasteiger partial charge in [0.2, 0.25) is 0 Å². The number of ether oxygens (including phenoxy) is 1. The molecule has 3 aromatic rings. The lowest BCUT2D eigenvalue weighted by atomic mass is 10.0. The maximum atomic E-state index is 12.6. The van der Waals surface area contributed by atoms with E-state index < -0.39 is 0 Å². The number of carbonyl (C=O) groups excluding carboxylic acids is 1. The van der Waals surface area contributed by atoms with Gasteiger partial charge in [-0.3, -0.25) is 0 Å². The number of carbonyl (C=O) groups is 1. The number of methoxy groups -OCH3 is 1. The van der Waals surface area contributed by atoms with Gasteiger partial charge in [-0.15, -0.1) is 10.2 Å². The molecule has 2 heterocycles. The zero-order valence-electron chi connectivity index (χ0n) is 18.8. The highest BCUT2D eigenvalue weighted by atomic mass is 16.5. The second kappa shape index (κ2) is 9.68. The first kappa shape index (κ1) is 21.6. The van der Waals surface area contributed by atoms with E-state index in [0.29, 0.717) is 32.1 Å². The van der Waals surface area contributed by atoms with Crippen LogP contribution in [0.4, 0.5) is 16.3 Å². The van der Waals surface area contributed by atoms with E-state index >= 15 is 0 Å². The number of amides is 2. The van der Waals surface area contributed by atoms with Crippen LogP contribution >= 0.6 is 0 Å². The minimum Gasteiger partial charge on any atom is -0.496 e. The lowest BCUT2D eigenvalue weighted by Crippen LogP contribution is -2.50. The number of para-hydroxylation sites is 1. The smallest absolute Gasteiger partial charge is 0.321 e. The molecule has 1 aliphatic rings. The molecule has 2 aromatic carbocycles. The summed E-state index contributed by atoms with van der Waals surface area (Å²) in [7, 11) is 1.65. The summed E-state index contributed by atoms with van der Waals surface area (Å²) in [5.74, 6) is 2.06. The van der Waals surface area contributed by atoms with Crippen molar-refractivity contribution in [2.24, 2.45) is 0 Å². The molecule has 2 amide bonds. The van der Waals surface area contributed by atoms with Crippen LogP contribution in [0.25, 0.3) is 11.3 Å². The molecule has 0 unspecified atom stereocenters. The van der Waals surface area contributed by atoms with Crippen molar-refractivity contribution in [2.45, 2.75) is 19.8 Å². The largest absolute Gasteiger partial charge is 0.496 e. The summed E-state index contributed by atoms with van der Waals surface area (Å²) in [6.45, 7) is 7.00. The number of urea groups is 1. The SMILES string of the molecule is COc1ccccc1-c1ccc(N2CCN(C(=O)Nc3ccc(C(C)C)cc3)CC2)nn1. The summed E-state index contributed by atoms with van der Waals surface area (Å²) < 4.78 is 5.42. The molecular weight excluding hydrogens is 402 g/mol. The maximum Gasteiger partial charge on any atom is 0.321 e. The minimum absolute atomic E-state index is 0.0699. The maximum absolute atomic E-state index is 12.6. The van der Waals surface area contributed by atoms with Crippen molar-refractivity contribution in [3.63, 3.8) is 0 Å². The summed E-state index contributed by atoms with van der Waals surface area (Å²) in [5.41, 5.74) is 3.76. The number of nitrogens with one attached hydrogen (secondary N) is 1. The molecule has 7 nitrogen and oxygen atoms in total. The van der Waals surface area contributed by atoms with Gasteiger partial charge >= 0.3 is 6.03 Å². The number of rotatable bonds is 5. The fourth-order valence-corrected chi connectivity index (χ4v) is 3.79. The normalized spacial score (nSPS) is 13.9. The van der Waals surface area contributed by atoms with E-state index in [4.69, 9.17) is 4.74 Å². The van der Waals surface area contributed by atoms with Crippen LogP contribution in [0, 0.1) is 0 Å². The summed E-state index contributed by atoms with van der Waals surface area (Å²) in [6, 6.07) is 19.7. The van der Waals surface area contributed by atoms with E-state index in [1.54, 1.807) is 7.11 Å². The summed E-state index contributed by atoms with van der Waals surface area (Å²) in [4.78, 5) is 16.6. The van der Waals surface area contributed by atoms with Crippen molar-refractivity contribution < 1.29 is 9.53 Å². The van der Waals surface area contributed by atoms with Gasteiger partial charge in [-0.25, -0.2) is 4.79 Å². The number of hydrogen-bond donors (Lipinski definition) is 1. The third kappa shape index (κ3) is 4.82. The summed E-state index contributed by atoms with van der Waals surface area (Å²) in [6.07, 6.45) is 0. The van der Waals surface area contributed by atoms with Gasteiger partial charge in [-0.05, 0) is 47.9 Å². The van der Waals surface area contributed by atoms with Crippen LogP contribution in [-0.4, -0.2) is 54.4 Å². The Kier molecular flexibility index (Phi) is 6.54. The van der Waals surface area contributed by atoms with E-state index in [9.17, 15) is 4.79 Å². The molecule has 32 heavy (non-hydrogen) atoms. The molecule has 0 spiro atoms. The predicted molar refractivity (Wildman–Crippen MR) is 127 cm³/mol. The zero-order valence-corrected chi connectivity index (χ0v) is 18.8. The van der Waals surface area contributed by atoms with Crippen molar-refractivity contribution in [1.29, 1.82) is 0 Å². The minimum atomic E-state index is -0.0699. The molecule has 1 aromatic heterocycles. The molecule has 0 radical (unpaired) electrons. The van der Waals surface area contributed by atoms with Crippen LogP contribution in [0.2, 0.25) is 0 Å². The van der Waals surface area contributed by atoms with E-state index in [-0.39, 0.29) is 6.03 Å². The van der Waals surface area contributed by atoms with Gasteiger partial charge in [-0.2, -0.15) is 0 Å². The van der Waals surface area contributed by atoms with E-state index in [0.717, 1.165) is 28.5 Å². The molecule has 1 N–H and O–H groups in total. The van der Waals surface area contributed by atoms with E-state index in [1.165, 1.54) is 5.56 Å². The van der Waals surface area contributed by atoms with Gasteiger partial charge < -0.3 is 19.9 Å². The Hall–Kier alpha value is -3.61. The van der Waals surface area contributed by atoms with Crippen molar-refractivity contribution >= 4 is 17.5 Å². The van der Waals surface area contributed by atoms with Gasteiger partial charge in [0, 0.05) is 37.4 Å². The topological polar surface area (TPSA) is 70.6 Å². The van der Waals surface area contributed by atoms with Gasteiger partial charge in [0.05, 0.1) is 12.8 Å². The highest BCUT2D eigenvalue weighted by Gasteiger charge is 2.22. The van der Waals surface area contributed by atoms with Crippen molar-refractivity contribution in [3.05, 3.63) is 66.2 Å². The molecule has 0 saturated carbocycles. The monoisotopic (exact) mass is 431 g/mol. The molecule has 0 aliphatic carbocycles. The first-order chi connectivity index (χ1) is 15.5. The second-order valence-electron chi connectivity index (χ2n) is 8.16. The zero-order chi connectivity index (χ0) is 22.5. The molecule has 1 fully saturated rings. The van der Waals surface area contributed by atoms with Crippen LogP contribution in [-0.2, 0) is 0 Å². The molecule has 1 aliphatic heterocycles. The third-order valence-electron chi connectivity index (χ3n) is 5.75. The van der Waals surface area contributed by atoms with E-state index in [1.807, 2.05) is 53.4 Å². The molecule has 4 rings (SSSR count). The average Bonchev–Trinajstić information content (AvgIpc) is 2.84. The lowest BCUT2D eigenvalue weighted by molar-refractivity contribution is 0.208. The quantitative estimate of drug-likeness (QED) is 0.638. The highest BCUT2D eigenvalue weighted by molar-refractivity contribution is 5.89.